The Morgan fingerprint density at radius 2 is 2.08 bits per heavy atom. The highest BCUT2D eigenvalue weighted by Gasteiger charge is 2.26. The van der Waals surface area contributed by atoms with E-state index in [0.717, 1.165) is 25.0 Å². The first-order chi connectivity index (χ1) is 12.0. The Bertz CT molecular complexity index is 571. The first-order valence-electron chi connectivity index (χ1n) is 8.94. The van der Waals surface area contributed by atoms with Crippen molar-refractivity contribution >= 4 is 11.8 Å². The molecule has 1 fully saturated rings. The van der Waals surface area contributed by atoms with Crippen molar-refractivity contribution in [3.63, 3.8) is 0 Å². The zero-order valence-electron chi connectivity index (χ0n) is 15.0. The van der Waals surface area contributed by atoms with Crippen LogP contribution in [-0.4, -0.2) is 42.0 Å². The fourth-order valence-corrected chi connectivity index (χ4v) is 2.89. The Hall–Kier alpha value is -1.95. The molecule has 1 aromatic carbocycles. The van der Waals surface area contributed by atoms with Crippen molar-refractivity contribution in [3.8, 4) is 0 Å². The van der Waals surface area contributed by atoms with Crippen LogP contribution in [0.25, 0.3) is 0 Å². The van der Waals surface area contributed by atoms with Crippen LogP contribution in [0.3, 0.4) is 0 Å². The van der Waals surface area contributed by atoms with Crippen LogP contribution >= 0.6 is 0 Å². The van der Waals surface area contributed by atoms with Crippen molar-refractivity contribution in [2.45, 2.75) is 58.2 Å². The largest absolute Gasteiger partial charge is 0.376 e. The van der Waals surface area contributed by atoms with Gasteiger partial charge in [0, 0.05) is 26.1 Å². The van der Waals surface area contributed by atoms with Gasteiger partial charge >= 0.3 is 0 Å². The summed E-state index contributed by atoms with van der Waals surface area (Å²) in [4.78, 5) is 26.5. The highest BCUT2D eigenvalue weighted by molar-refractivity contribution is 5.87. The molecular formula is C19H27FN2O3. The lowest BCUT2D eigenvalue weighted by molar-refractivity contribution is -0.140. The van der Waals surface area contributed by atoms with Crippen LogP contribution in [0.4, 0.5) is 4.39 Å². The van der Waals surface area contributed by atoms with Gasteiger partial charge in [0.25, 0.3) is 0 Å². The predicted molar refractivity (Wildman–Crippen MR) is 93.3 cm³/mol. The summed E-state index contributed by atoms with van der Waals surface area (Å²) in [5.41, 5.74) is 0.796. The molecule has 1 aliphatic heterocycles. The molecule has 0 aromatic heterocycles. The molecular weight excluding hydrogens is 323 g/mol. The highest BCUT2D eigenvalue weighted by Crippen LogP contribution is 2.14. The number of nitrogens with one attached hydrogen (secondary N) is 1. The molecule has 0 radical (unpaired) electrons. The van der Waals surface area contributed by atoms with Crippen molar-refractivity contribution in [1.29, 1.82) is 0 Å². The highest BCUT2D eigenvalue weighted by atomic mass is 19.1. The monoisotopic (exact) mass is 350 g/mol. The number of hydrogen-bond donors (Lipinski definition) is 1. The summed E-state index contributed by atoms with van der Waals surface area (Å²) in [5.74, 6) is -0.591. The summed E-state index contributed by atoms with van der Waals surface area (Å²) in [6.45, 7) is 5.14. The average Bonchev–Trinajstić information content (AvgIpc) is 3.12. The molecule has 1 aliphatic rings. The lowest BCUT2D eigenvalue weighted by Crippen LogP contribution is -2.48. The van der Waals surface area contributed by atoms with Crippen LogP contribution in [0.15, 0.2) is 24.3 Å². The molecule has 1 saturated heterocycles. The summed E-state index contributed by atoms with van der Waals surface area (Å²) in [7, 11) is 0. The molecule has 138 valence electrons. The van der Waals surface area contributed by atoms with Gasteiger partial charge in [-0.15, -0.1) is 0 Å². The SMILES string of the molecule is CCCC(=O)N(Cc1ccc(F)cc1)C(C)C(=O)NCC1CCCO1. The molecule has 2 amide bonds. The van der Waals surface area contributed by atoms with E-state index in [1.807, 2.05) is 6.92 Å². The summed E-state index contributed by atoms with van der Waals surface area (Å²) < 4.78 is 18.6. The number of carbonyl (C=O) groups is 2. The minimum atomic E-state index is -0.592. The predicted octanol–water partition coefficient (Wildman–Crippen LogP) is 2.64. The van der Waals surface area contributed by atoms with Crippen molar-refractivity contribution < 1.29 is 18.7 Å². The van der Waals surface area contributed by atoms with Gasteiger partial charge in [0.15, 0.2) is 0 Å². The lowest BCUT2D eigenvalue weighted by Gasteiger charge is -2.29. The molecule has 2 rings (SSSR count). The van der Waals surface area contributed by atoms with Crippen molar-refractivity contribution in [2.75, 3.05) is 13.2 Å². The second-order valence-corrected chi connectivity index (χ2v) is 6.45. The zero-order valence-corrected chi connectivity index (χ0v) is 15.0. The van der Waals surface area contributed by atoms with Gasteiger partial charge < -0.3 is 15.0 Å². The number of benzene rings is 1. The normalized spacial score (nSPS) is 18.0. The maximum absolute atomic E-state index is 13.1. The molecule has 1 heterocycles. The first kappa shape index (κ1) is 19.4. The Balaban J connectivity index is 2.00. The second kappa shape index (κ2) is 9.51. The summed E-state index contributed by atoms with van der Waals surface area (Å²) >= 11 is 0. The van der Waals surface area contributed by atoms with Gasteiger partial charge in [-0.1, -0.05) is 19.1 Å². The summed E-state index contributed by atoms with van der Waals surface area (Å²) in [6.07, 6.45) is 3.12. The van der Waals surface area contributed by atoms with E-state index in [1.54, 1.807) is 24.0 Å². The van der Waals surface area contributed by atoms with Gasteiger partial charge in [0.1, 0.15) is 11.9 Å². The standard InChI is InChI=1S/C19H27FN2O3/c1-3-5-18(23)22(13-15-7-9-16(20)10-8-15)14(2)19(24)21-12-17-6-4-11-25-17/h7-10,14,17H,3-6,11-13H2,1-2H3,(H,21,24). The van der Waals surface area contributed by atoms with Gasteiger partial charge in [-0.2, -0.15) is 0 Å². The lowest BCUT2D eigenvalue weighted by atomic mass is 10.1. The van der Waals surface area contributed by atoms with E-state index >= 15 is 0 Å². The fourth-order valence-electron chi connectivity index (χ4n) is 2.89. The van der Waals surface area contributed by atoms with E-state index in [4.69, 9.17) is 4.74 Å². The Morgan fingerprint density at radius 3 is 2.68 bits per heavy atom. The number of ether oxygens (including phenoxy) is 1. The molecule has 2 atom stereocenters. The molecule has 0 saturated carbocycles. The minimum Gasteiger partial charge on any atom is -0.376 e. The van der Waals surface area contributed by atoms with E-state index in [0.29, 0.717) is 19.4 Å². The molecule has 5 nitrogen and oxygen atoms in total. The van der Waals surface area contributed by atoms with Gasteiger partial charge in [0.2, 0.25) is 11.8 Å². The third kappa shape index (κ3) is 5.81. The van der Waals surface area contributed by atoms with Gasteiger partial charge in [0.05, 0.1) is 6.10 Å². The van der Waals surface area contributed by atoms with Crippen LogP contribution in [0.1, 0.15) is 45.1 Å². The molecule has 0 spiro atoms. The van der Waals surface area contributed by atoms with Gasteiger partial charge in [-0.05, 0) is 43.9 Å². The molecule has 0 bridgehead atoms. The smallest absolute Gasteiger partial charge is 0.242 e. The van der Waals surface area contributed by atoms with Gasteiger partial charge in [-0.3, -0.25) is 9.59 Å². The third-order valence-corrected chi connectivity index (χ3v) is 4.43. The van der Waals surface area contributed by atoms with Crippen LogP contribution in [0.2, 0.25) is 0 Å². The molecule has 0 aliphatic carbocycles. The van der Waals surface area contributed by atoms with E-state index < -0.39 is 6.04 Å². The number of hydrogen-bond acceptors (Lipinski definition) is 3. The van der Waals surface area contributed by atoms with E-state index in [2.05, 4.69) is 5.32 Å². The van der Waals surface area contributed by atoms with E-state index in [1.165, 1.54) is 12.1 Å². The Morgan fingerprint density at radius 1 is 1.36 bits per heavy atom. The van der Waals surface area contributed by atoms with Crippen molar-refractivity contribution in [1.82, 2.24) is 10.2 Å². The molecule has 1 aromatic rings. The van der Waals surface area contributed by atoms with Crippen LogP contribution in [0.5, 0.6) is 0 Å². The third-order valence-electron chi connectivity index (χ3n) is 4.43. The fraction of sp³-hybridized carbons (Fsp3) is 0.579. The maximum Gasteiger partial charge on any atom is 0.242 e. The number of rotatable bonds is 8. The topological polar surface area (TPSA) is 58.6 Å². The average molecular weight is 350 g/mol. The van der Waals surface area contributed by atoms with E-state index in [9.17, 15) is 14.0 Å². The van der Waals surface area contributed by atoms with Crippen molar-refractivity contribution in [3.05, 3.63) is 35.6 Å². The number of halogens is 1. The maximum atomic E-state index is 13.1. The summed E-state index contributed by atoms with van der Waals surface area (Å²) in [5, 5.41) is 2.88. The second-order valence-electron chi connectivity index (χ2n) is 6.45. The van der Waals surface area contributed by atoms with Gasteiger partial charge in [-0.25, -0.2) is 4.39 Å². The number of carbonyl (C=O) groups excluding carboxylic acids is 2. The minimum absolute atomic E-state index is 0.0630. The molecule has 2 unspecified atom stereocenters. The number of amides is 2. The molecule has 6 heteroatoms. The number of nitrogens with zero attached hydrogens (tertiary/aromatic N) is 1. The van der Waals surface area contributed by atoms with Crippen molar-refractivity contribution in [2.24, 2.45) is 0 Å². The Labute approximate surface area is 148 Å². The van der Waals surface area contributed by atoms with E-state index in [-0.39, 0.29) is 30.3 Å². The Kier molecular flexibility index (Phi) is 7.37. The summed E-state index contributed by atoms with van der Waals surface area (Å²) in [6, 6.07) is 5.40. The first-order valence-corrected chi connectivity index (χ1v) is 8.94. The van der Waals surface area contributed by atoms with Crippen LogP contribution in [-0.2, 0) is 20.9 Å². The zero-order chi connectivity index (χ0) is 18.2. The van der Waals surface area contributed by atoms with Crippen LogP contribution in [0, 0.1) is 5.82 Å². The molecule has 25 heavy (non-hydrogen) atoms. The molecule has 1 N–H and O–H groups in total. The quantitative estimate of drug-likeness (QED) is 0.784. The van der Waals surface area contributed by atoms with Crippen LogP contribution < -0.4 is 5.32 Å².